The van der Waals surface area contributed by atoms with E-state index in [0.717, 1.165) is 39.2 Å². The van der Waals surface area contributed by atoms with Crippen molar-refractivity contribution in [3.63, 3.8) is 0 Å². The van der Waals surface area contributed by atoms with Gasteiger partial charge < -0.3 is 20.2 Å². The zero-order chi connectivity index (χ0) is 21.4. The Labute approximate surface area is 171 Å². The second-order valence-corrected chi connectivity index (χ2v) is 6.74. The number of carbonyl (C=O) groups is 3. The largest absolute Gasteiger partial charge is 0.463 e. The van der Waals surface area contributed by atoms with Crippen molar-refractivity contribution in [3.05, 3.63) is 46.9 Å². The number of methoxy groups -OCH3 is 1. The van der Waals surface area contributed by atoms with E-state index in [1.807, 2.05) is 0 Å². The van der Waals surface area contributed by atoms with Crippen LogP contribution in [0, 0.1) is 11.7 Å². The molecule has 2 aromatic rings. The molecule has 0 saturated heterocycles. The van der Waals surface area contributed by atoms with E-state index in [-0.39, 0.29) is 28.3 Å². The molecule has 0 radical (unpaired) electrons. The first-order valence-electron chi connectivity index (χ1n) is 8.91. The van der Waals surface area contributed by atoms with Gasteiger partial charge in [-0.15, -0.1) is 0 Å². The van der Waals surface area contributed by atoms with Crippen LogP contribution in [0.1, 0.15) is 53.1 Å². The summed E-state index contributed by atoms with van der Waals surface area (Å²) in [6.07, 6.45) is 6.24. The van der Waals surface area contributed by atoms with Crippen LogP contribution in [-0.2, 0) is 9.53 Å². The molecule has 0 atom stereocenters. The molecule has 0 bridgehead atoms. The molecule has 0 aliphatic heterocycles. The third-order valence-electron chi connectivity index (χ3n) is 4.34. The fourth-order valence-corrected chi connectivity index (χ4v) is 3.06. The van der Waals surface area contributed by atoms with Gasteiger partial charge in [0.15, 0.2) is 12.1 Å². The predicted octanol–water partition coefficient (Wildman–Crippen LogP) is 3.56. The fourth-order valence-electron chi connectivity index (χ4n) is 2.85. The molecule has 3 rings (SSSR count). The van der Waals surface area contributed by atoms with Gasteiger partial charge in [-0.3, -0.25) is 9.59 Å². The summed E-state index contributed by atoms with van der Waals surface area (Å²) in [4.78, 5) is 36.8. The minimum absolute atomic E-state index is 0.00166. The van der Waals surface area contributed by atoms with Gasteiger partial charge in [0.05, 0.1) is 17.8 Å². The van der Waals surface area contributed by atoms with Gasteiger partial charge in [0.25, 0.3) is 5.91 Å². The number of primary amides is 1. The molecule has 8 nitrogen and oxygen atoms in total. The van der Waals surface area contributed by atoms with Crippen LogP contribution in [-0.4, -0.2) is 29.9 Å². The first-order chi connectivity index (χ1) is 13.8. The van der Waals surface area contributed by atoms with Crippen molar-refractivity contribution in [3.8, 4) is 0 Å². The van der Waals surface area contributed by atoms with Gasteiger partial charge in [-0.25, -0.2) is 14.2 Å². The van der Waals surface area contributed by atoms with E-state index in [0.29, 0.717) is 5.69 Å². The number of halogens is 2. The molecule has 1 heterocycles. The highest BCUT2D eigenvalue weighted by atomic mass is 35.5. The van der Waals surface area contributed by atoms with Crippen molar-refractivity contribution >= 4 is 35.1 Å². The standard InChI is InChI=1S/C13H15ClFNO.C6H6N2O4/c14-11-8-10(15)6-7-12(11)16-13(17)9-4-2-1-3-5-9;1-11-6(10)4-3(5(7)9)8-2-12-4/h6-9H,1-5H2,(H,16,17);2H,1H3,(H2,7,9). The number of nitrogens with two attached hydrogens (primary N) is 1. The monoisotopic (exact) mass is 425 g/mol. The Morgan fingerprint density at radius 1 is 1.28 bits per heavy atom. The predicted molar refractivity (Wildman–Crippen MR) is 103 cm³/mol. The van der Waals surface area contributed by atoms with E-state index in [9.17, 15) is 18.8 Å². The van der Waals surface area contributed by atoms with Gasteiger partial charge >= 0.3 is 5.97 Å². The SMILES string of the molecule is COC(=O)c1ocnc1C(N)=O.O=C(Nc1ccc(F)cc1Cl)C1CCCCC1. The first-order valence-corrected chi connectivity index (χ1v) is 9.28. The van der Waals surface area contributed by atoms with Gasteiger partial charge in [-0.1, -0.05) is 30.9 Å². The highest BCUT2D eigenvalue weighted by Gasteiger charge is 2.22. The molecule has 1 aliphatic rings. The quantitative estimate of drug-likeness (QED) is 0.721. The van der Waals surface area contributed by atoms with Crippen LogP contribution in [0.2, 0.25) is 5.02 Å². The molecule has 2 amide bonds. The second kappa shape index (κ2) is 10.6. The second-order valence-electron chi connectivity index (χ2n) is 6.33. The van der Waals surface area contributed by atoms with E-state index in [1.54, 1.807) is 0 Å². The Bertz CT molecular complexity index is 880. The number of benzene rings is 1. The van der Waals surface area contributed by atoms with Gasteiger partial charge in [0.2, 0.25) is 11.7 Å². The van der Waals surface area contributed by atoms with Crippen LogP contribution < -0.4 is 11.1 Å². The molecule has 0 spiro atoms. The maximum absolute atomic E-state index is 12.8. The van der Waals surface area contributed by atoms with E-state index in [1.165, 1.54) is 24.6 Å². The van der Waals surface area contributed by atoms with Crippen molar-refractivity contribution in [1.29, 1.82) is 0 Å². The van der Waals surface area contributed by atoms with Crippen LogP contribution in [0.3, 0.4) is 0 Å². The van der Waals surface area contributed by atoms with Crippen molar-refractivity contribution in [2.45, 2.75) is 32.1 Å². The molecular weight excluding hydrogens is 405 g/mol. The van der Waals surface area contributed by atoms with Gasteiger partial charge in [-0.05, 0) is 31.0 Å². The molecule has 0 unspecified atom stereocenters. The number of anilines is 1. The molecule has 10 heteroatoms. The van der Waals surface area contributed by atoms with Gasteiger partial charge in [-0.2, -0.15) is 0 Å². The molecule has 1 aromatic carbocycles. The summed E-state index contributed by atoms with van der Waals surface area (Å²) < 4.78 is 21.7. The smallest absolute Gasteiger partial charge is 0.376 e. The number of rotatable bonds is 4. The molecule has 3 N–H and O–H groups in total. The van der Waals surface area contributed by atoms with Crippen molar-refractivity contribution in [1.82, 2.24) is 4.98 Å². The maximum atomic E-state index is 12.8. The lowest BCUT2D eigenvalue weighted by molar-refractivity contribution is -0.120. The number of oxazole rings is 1. The van der Waals surface area contributed by atoms with E-state index < -0.39 is 17.7 Å². The van der Waals surface area contributed by atoms with Crippen LogP contribution in [0.25, 0.3) is 0 Å². The summed E-state index contributed by atoms with van der Waals surface area (Å²) in [5.41, 5.74) is 5.15. The van der Waals surface area contributed by atoms with Crippen molar-refractivity contribution < 1.29 is 27.9 Å². The number of hydrogen-bond donors (Lipinski definition) is 2. The summed E-state index contributed by atoms with van der Waals surface area (Å²) in [5, 5.41) is 3.01. The zero-order valence-electron chi connectivity index (χ0n) is 15.7. The van der Waals surface area contributed by atoms with E-state index >= 15 is 0 Å². The van der Waals surface area contributed by atoms with Crippen LogP contribution in [0.4, 0.5) is 10.1 Å². The Morgan fingerprint density at radius 3 is 2.55 bits per heavy atom. The summed E-state index contributed by atoms with van der Waals surface area (Å²) in [6.45, 7) is 0. The number of ether oxygens (including phenoxy) is 1. The summed E-state index contributed by atoms with van der Waals surface area (Å²) in [5.74, 6) is -2.20. The number of esters is 1. The molecule has 29 heavy (non-hydrogen) atoms. The molecule has 156 valence electrons. The topological polar surface area (TPSA) is 125 Å². The lowest BCUT2D eigenvalue weighted by Gasteiger charge is -2.21. The van der Waals surface area contributed by atoms with Crippen LogP contribution in [0.15, 0.2) is 29.0 Å². The highest BCUT2D eigenvalue weighted by Crippen LogP contribution is 2.27. The number of amides is 2. The minimum atomic E-state index is -0.829. The summed E-state index contributed by atoms with van der Waals surface area (Å²) >= 11 is 5.86. The van der Waals surface area contributed by atoms with Crippen molar-refractivity contribution in [2.24, 2.45) is 11.7 Å². The molecule has 1 aliphatic carbocycles. The number of nitrogens with one attached hydrogen (secondary N) is 1. The molecular formula is C19H21ClFN3O5. The lowest BCUT2D eigenvalue weighted by Crippen LogP contribution is -2.24. The van der Waals surface area contributed by atoms with Crippen molar-refractivity contribution in [2.75, 3.05) is 12.4 Å². The Balaban J connectivity index is 0.000000221. The number of nitrogens with zero attached hydrogens (tertiary/aromatic N) is 1. The normalized spacial score (nSPS) is 13.8. The summed E-state index contributed by atoms with van der Waals surface area (Å²) in [6, 6.07) is 4.00. The summed E-state index contributed by atoms with van der Waals surface area (Å²) in [7, 11) is 1.16. The number of aromatic nitrogens is 1. The van der Waals surface area contributed by atoms with Gasteiger partial charge in [0.1, 0.15) is 5.82 Å². The first kappa shape index (κ1) is 22.4. The van der Waals surface area contributed by atoms with E-state index in [4.69, 9.17) is 17.3 Å². The highest BCUT2D eigenvalue weighted by molar-refractivity contribution is 6.33. The fraction of sp³-hybridized carbons (Fsp3) is 0.368. The third kappa shape index (κ3) is 6.28. The van der Waals surface area contributed by atoms with E-state index in [2.05, 4.69) is 19.5 Å². The zero-order valence-corrected chi connectivity index (χ0v) is 16.5. The Hall–Kier alpha value is -2.94. The third-order valence-corrected chi connectivity index (χ3v) is 4.65. The Morgan fingerprint density at radius 2 is 1.97 bits per heavy atom. The number of hydrogen-bond acceptors (Lipinski definition) is 6. The maximum Gasteiger partial charge on any atom is 0.376 e. The average molecular weight is 426 g/mol. The average Bonchev–Trinajstić information content (AvgIpc) is 3.21. The Kier molecular flexibility index (Phi) is 8.14. The molecule has 1 aromatic heterocycles. The van der Waals surface area contributed by atoms with Crippen LogP contribution in [0.5, 0.6) is 0 Å². The minimum Gasteiger partial charge on any atom is -0.463 e. The lowest BCUT2D eigenvalue weighted by atomic mass is 9.88. The van der Waals surface area contributed by atoms with Gasteiger partial charge in [0, 0.05) is 5.92 Å². The molecule has 1 saturated carbocycles. The molecule has 1 fully saturated rings. The van der Waals surface area contributed by atoms with Crippen LogP contribution >= 0.6 is 11.6 Å². The number of carbonyl (C=O) groups excluding carboxylic acids is 3.